The van der Waals surface area contributed by atoms with E-state index in [9.17, 15) is 9.59 Å². The maximum atomic E-state index is 12.7. The van der Waals surface area contributed by atoms with Crippen LogP contribution in [-0.4, -0.2) is 58.3 Å². The predicted octanol–water partition coefficient (Wildman–Crippen LogP) is 1.82. The van der Waals surface area contributed by atoms with Gasteiger partial charge in [0, 0.05) is 26.2 Å². The van der Waals surface area contributed by atoms with Crippen molar-refractivity contribution in [3.05, 3.63) is 48.2 Å². The van der Waals surface area contributed by atoms with Crippen molar-refractivity contribution in [2.24, 2.45) is 0 Å². The van der Waals surface area contributed by atoms with Crippen molar-refractivity contribution in [3.8, 4) is 0 Å². The van der Waals surface area contributed by atoms with Crippen LogP contribution in [0.25, 0.3) is 0 Å². The number of aryl methyl sites for hydroxylation is 1. The number of carbonyl (C=O) groups excluding carboxylic acids is 2. The molecule has 0 aliphatic carbocycles. The molecule has 7 heteroatoms. The van der Waals surface area contributed by atoms with Gasteiger partial charge in [0.15, 0.2) is 0 Å². The number of anilines is 1. The van der Waals surface area contributed by atoms with Gasteiger partial charge in [0.1, 0.15) is 18.1 Å². The van der Waals surface area contributed by atoms with Gasteiger partial charge < -0.3 is 14.2 Å². The fourth-order valence-electron chi connectivity index (χ4n) is 4.27. The first-order chi connectivity index (χ1) is 13.0. The molecule has 1 spiro atoms. The van der Waals surface area contributed by atoms with Crippen molar-refractivity contribution < 1.29 is 14.0 Å². The molecule has 1 atom stereocenters. The summed E-state index contributed by atoms with van der Waals surface area (Å²) < 4.78 is 5.71. The Kier molecular flexibility index (Phi) is 4.47. The van der Waals surface area contributed by atoms with E-state index >= 15 is 0 Å². The Morgan fingerprint density at radius 2 is 2.15 bits per heavy atom. The van der Waals surface area contributed by atoms with Gasteiger partial charge >= 0.3 is 0 Å². The van der Waals surface area contributed by atoms with Gasteiger partial charge in [-0.05, 0) is 37.6 Å². The van der Waals surface area contributed by atoms with Gasteiger partial charge in [0.25, 0.3) is 0 Å². The Morgan fingerprint density at radius 1 is 1.30 bits per heavy atom. The lowest BCUT2D eigenvalue weighted by Crippen LogP contribution is -2.66. The smallest absolute Gasteiger partial charge is 0.246 e. The van der Waals surface area contributed by atoms with Crippen molar-refractivity contribution >= 4 is 17.5 Å². The van der Waals surface area contributed by atoms with Crippen LogP contribution < -0.4 is 4.90 Å². The third kappa shape index (κ3) is 3.35. The van der Waals surface area contributed by atoms with Gasteiger partial charge in [-0.1, -0.05) is 0 Å². The Morgan fingerprint density at radius 3 is 2.81 bits per heavy atom. The topological polar surface area (TPSA) is 69.9 Å². The first-order valence-corrected chi connectivity index (χ1v) is 9.23. The highest BCUT2D eigenvalue weighted by molar-refractivity contribution is 5.98. The molecule has 0 saturated carbocycles. The zero-order chi connectivity index (χ0) is 19.0. The van der Waals surface area contributed by atoms with Crippen LogP contribution in [0.3, 0.4) is 0 Å². The van der Waals surface area contributed by atoms with Crippen molar-refractivity contribution in [2.75, 3.05) is 31.1 Å². The average molecular weight is 368 g/mol. The van der Waals surface area contributed by atoms with Gasteiger partial charge in [0.2, 0.25) is 11.8 Å². The van der Waals surface area contributed by atoms with E-state index in [1.165, 1.54) is 0 Å². The number of carbonyl (C=O) groups is 2. The van der Waals surface area contributed by atoms with Gasteiger partial charge in [-0.3, -0.25) is 19.5 Å². The summed E-state index contributed by atoms with van der Waals surface area (Å²) >= 11 is 0. The molecular weight excluding hydrogens is 344 g/mol. The minimum absolute atomic E-state index is 0.0510. The average Bonchev–Trinajstić information content (AvgIpc) is 3.24. The molecule has 0 unspecified atom stereocenters. The molecule has 27 heavy (non-hydrogen) atoms. The van der Waals surface area contributed by atoms with Crippen LogP contribution in [0.4, 0.5) is 5.69 Å². The molecule has 2 aromatic heterocycles. The molecule has 2 saturated heterocycles. The predicted molar refractivity (Wildman–Crippen MR) is 100 cm³/mol. The monoisotopic (exact) mass is 368 g/mol. The zero-order valence-corrected chi connectivity index (χ0v) is 15.7. The van der Waals surface area contributed by atoms with Crippen LogP contribution in [0.15, 0.2) is 41.1 Å². The largest absolute Gasteiger partial charge is 0.465 e. The van der Waals surface area contributed by atoms with Gasteiger partial charge in [-0.15, -0.1) is 0 Å². The lowest BCUT2D eigenvalue weighted by Gasteiger charge is -2.48. The number of amides is 2. The lowest BCUT2D eigenvalue weighted by atomic mass is 9.92. The summed E-state index contributed by atoms with van der Waals surface area (Å²) in [6, 6.07) is 7.68. The Hall–Kier alpha value is -2.67. The minimum Gasteiger partial charge on any atom is -0.465 e. The fraction of sp³-hybridized carbons (Fsp3) is 0.450. The van der Waals surface area contributed by atoms with Gasteiger partial charge in [-0.2, -0.15) is 0 Å². The van der Waals surface area contributed by atoms with Crippen LogP contribution in [0.2, 0.25) is 0 Å². The molecular formula is C20H24N4O3. The third-order valence-electron chi connectivity index (χ3n) is 5.54. The second-order valence-electron chi connectivity index (χ2n) is 7.49. The number of pyridine rings is 1. The second-order valence-corrected chi connectivity index (χ2v) is 7.49. The second kappa shape index (κ2) is 6.81. The molecule has 2 aromatic rings. The van der Waals surface area contributed by atoms with Crippen LogP contribution in [0.5, 0.6) is 0 Å². The molecule has 0 aromatic carbocycles. The summed E-state index contributed by atoms with van der Waals surface area (Å²) in [4.78, 5) is 35.0. The summed E-state index contributed by atoms with van der Waals surface area (Å²) in [6.07, 6.45) is 4.22. The molecule has 4 heterocycles. The van der Waals surface area contributed by atoms with E-state index in [1.54, 1.807) is 29.1 Å². The highest BCUT2D eigenvalue weighted by atomic mass is 16.3. The highest BCUT2D eigenvalue weighted by Crippen LogP contribution is 2.35. The highest BCUT2D eigenvalue weighted by Gasteiger charge is 2.50. The standard InChI is InChI=1S/C20H24N4O3/c1-15-5-6-18(27-15)11-22-9-7-20(13-22)14-23(17-4-3-8-21-10-17)19(26)12-24(20)16(2)25/h3-6,8,10H,7,9,11-14H2,1-2H3/t20-/m0/s1. The summed E-state index contributed by atoms with van der Waals surface area (Å²) in [5.41, 5.74) is 0.405. The summed E-state index contributed by atoms with van der Waals surface area (Å²) in [7, 11) is 0. The van der Waals surface area contributed by atoms with Crippen molar-refractivity contribution in [3.63, 3.8) is 0 Å². The summed E-state index contributed by atoms with van der Waals surface area (Å²) in [5.74, 6) is 1.71. The van der Waals surface area contributed by atoms with E-state index in [0.717, 1.165) is 36.7 Å². The van der Waals surface area contributed by atoms with Crippen molar-refractivity contribution in [1.82, 2.24) is 14.8 Å². The number of hydrogen-bond acceptors (Lipinski definition) is 5. The normalized spacial score (nSPS) is 23.4. The van der Waals surface area contributed by atoms with E-state index in [-0.39, 0.29) is 23.9 Å². The number of nitrogens with zero attached hydrogens (tertiary/aromatic N) is 4. The van der Waals surface area contributed by atoms with Crippen LogP contribution in [0, 0.1) is 6.92 Å². The number of furan rings is 1. The number of piperazine rings is 1. The zero-order valence-electron chi connectivity index (χ0n) is 15.7. The Balaban J connectivity index is 1.58. The number of rotatable bonds is 3. The third-order valence-corrected chi connectivity index (χ3v) is 5.54. The molecule has 142 valence electrons. The molecule has 2 amide bonds. The van der Waals surface area contributed by atoms with Gasteiger partial charge in [0.05, 0.1) is 30.5 Å². The Bertz CT molecular complexity index is 850. The summed E-state index contributed by atoms with van der Waals surface area (Å²) in [6.45, 7) is 6.37. The fourth-order valence-corrected chi connectivity index (χ4v) is 4.27. The van der Waals surface area contributed by atoms with E-state index in [1.807, 2.05) is 31.2 Å². The molecule has 0 bridgehead atoms. The molecule has 2 aliphatic rings. The van der Waals surface area contributed by atoms with Crippen LogP contribution >= 0.6 is 0 Å². The van der Waals surface area contributed by atoms with E-state index < -0.39 is 0 Å². The minimum atomic E-state index is -0.378. The lowest BCUT2D eigenvalue weighted by molar-refractivity contribution is -0.142. The van der Waals surface area contributed by atoms with Crippen molar-refractivity contribution in [2.45, 2.75) is 32.4 Å². The van der Waals surface area contributed by atoms with Crippen LogP contribution in [-0.2, 0) is 16.1 Å². The van der Waals surface area contributed by atoms with Crippen LogP contribution in [0.1, 0.15) is 24.9 Å². The van der Waals surface area contributed by atoms with E-state index in [2.05, 4.69) is 9.88 Å². The first-order valence-electron chi connectivity index (χ1n) is 9.23. The number of hydrogen-bond donors (Lipinski definition) is 0. The SMILES string of the molecule is CC(=O)N1CC(=O)N(c2cccnc2)C[C@@]12CCN(Cc1ccc(C)o1)C2. The molecule has 0 radical (unpaired) electrons. The van der Waals surface area contributed by atoms with E-state index in [4.69, 9.17) is 4.42 Å². The van der Waals surface area contributed by atoms with Crippen molar-refractivity contribution in [1.29, 1.82) is 0 Å². The molecule has 0 N–H and O–H groups in total. The Labute approximate surface area is 158 Å². The number of likely N-dealkylation sites (tertiary alicyclic amines) is 1. The van der Waals surface area contributed by atoms with Gasteiger partial charge in [-0.25, -0.2) is 0 Å². The first kappa shape index (κ1) is 17.7. The maximum Gasteiger partial charge on any atom is 0.246 e. The molecule has 4 rings (SSSR count). The maximum absolute atomic E-state index is 12.7. The number of aromatic nitrogens is 1. The van der Waals surface area contributed by atoms with E-state index in [0.29, 0.717) is 13.1 Å². The molecule has 7 nitrogen and oxygen atoms in total. The molecule has 2 fully saturated rings. The molecule has 2 aliphatic heterocycles. The quantitative estimate of drug-likeness (QED) is 0.827. The summed E-state index contributed by atoms with van der Waals surface area (Å²) in [5, 5.41) is 0.